The molecular weight excluding hydrogens is 324 g/mol. The Morgan fingerprint density at radius 1 is 1.23 bits per heavy atom. The lowest BCUT2D eigenvalue weighted by atomic mass is 9.87. The Kier molecular flexibility index (Phi) is 7.10. The van der Waals surface area contributed by atoms with Crippen LogP contribution in [-0.2, 0) is 10.2 Å². The van der Waals surface area contributed by atoms with Gasteiger partial charge in [0.1, 0.15) is 5.75 Å². The van der Waals surface area contributed by atoms with Gasteiger partial charge in [0, 0.05) is 19.1 Å². The van der Waals surface area contributed by atoms with Crippen molar-refractivity contribution >= 4 is 5.91 Å². The first-order valence-electron chi connectivity index (χ1n) is 10.1. The molecule has 1 unspecified atom stereocenters. The van der Waals surface area contributed by atoms with Gasteiger partial charge in [-0.1, -0.05) is 46.8 Å². The van der Waals surface area contributed by atoms with Gasteiger partial charge in [0.05, 0.1) is 0 Å². The van der Waals surface area contributed by atoms with E-state index in [0.29, 0.717) is 6.04 Å². The van der Waals surface area contributed by atoms with Crippen LogP contribution >= 0.6 is 0 Å². The van der Waals surface area contributed by atoms with E-state index in [-0.39, 0.29) is 11.3 Å². The molecule has 1 amide bonds. The van der Waals surface area contributed by atoms with Crippen LogP contribution in [0.1, 0.15) is 59.9 Å². The van der Waals surface area contributed by atoms with Crippen molar-refractivity contribution < 1.29 is 9.53 Å². The molecule has 1 aliphatic rings. The highest BCUT2D eigenvalue weighted by atomic mass is 16.5. The molecule has 0 saturated carbocycles. The molecular formula is C22H36N2O2. The van der Waals surface area contributed by atoms with E-state index in [0.717, 1.165) is 44.8 Å². The summed E-state index contributed by atoms with van der Waals surface area (Å²) in [6.07, 6.45) is 1.66. The van der Waals surface area contributed by atoms with Crippen LogP contribution in [0.5, 0.6) is 5.75 Å². The largest absolute Gasteiger partial charge is 0.481 e. The summed E-state index contributed by atoms with van der Waals surface area (Å²) in [5, 5.41) is 0. The second-order valence-corrected chi connectivity index (χ2v) is 8.32. The van der Waals surface area contributed by atoms with Crippen LogP contribution in [0.2, 0.25) is 0 Å². The minimum atomic E-state index is -0.449. The number of nitrogens with zero attached hydrogens (tertiary/aromatic N) is 2. The van der Waals surface area contributed by atoms with E-state index in [1.807, 2.05) is 24.0 Å². The summed E-state index contributed by atoms with van der Waals surface area (Å²) in [6, 6.07) is 8.70. The van der Waals surface area contributed by atoms with Crippen molar-refractivity contribution in [3.8, 4) is 5.75 Å². The number of likely N-dealkylation sites (tertiary alicyclic amines) is 1. The van der Waals surface area contributed by atoms with Crippen LogP contribution in [0.3, 0.4) is 0 Å². The first kappa shape index (κ1) is 20.8. The number of amides is 1. The van der Waals surface area contributed by atoms with E-state index in [1.165, 1.54) is 5.56 Å². The minimum Gasteiger partial charge on any atom is -0.481 e. The summed E-state index contributed by atoms with van der Waals surface area (Å²) in [5.74, 6) is 0.875. The Morgan fingerprint density at radius 3 is 2.38 bits per heavy atom. The number of rotatable bonds is 6. The van der Waals surface area contributed by atoms with Gasteiger partial charge in [0.25, 0.3) is 5.91 Å². The highest BCUT2D eigenvalue weighted by Crippen LogP contribution is 2.26. The normalized spacial score (nSPS) is 17.4. The van der Waals surface area contributed by atoms with Gasteiger partial charge in [0.2, 0.25) is 0 Å². The van der Waals surface area contributed by atoms with Crippen molar-refractivity contribution in [2.75, 3.05) is 26.2 Å². The first-order chi connectivity index (χ1) is 12.3. The highest BCUT2D eigenvalue weighted by Gasteiger charge is 2.29. The third-order valence-electron chi connectivity index (χ3n) is 5.47. The van der Waals surface area contributed by atoms with Crippen molar-refractivity contribution in [1.29, 1.82) is 0 Å². The van der Waals surface area contributed by atoms with Gasteiger partial charge < -0.3 is 14.5 Å². The molecule has 1 fully saturated rings. The van der Waals surface area contributed by atoms with Crippen LogP contribution in [0, 0.1) is 0 Å². The molecule has 2 rings (SSSR count). The fourth-order valence-electron chi connectivity index (χ4n) is 3.74. The molecule has 26 heavy (non-hydrogen) atoms. The summed E-state index contributed by atoms with van der Waals surface area (Å²) in [4.78, 5) is 17.3. The lowest BCUT2D eigenvalue weighted by Gasteiger charge is -2.38. The fourth-order valence-corrected chi connectivity index (χ4v) is 3.74. The fraction of sp³-hybridized carbons (Fsp3) is 0.682. The molecule has 1 saturated heterocycles. The Morgan fingerprint density at radius 2 is 1.85 bits per heavy atom. The number of hydrogen-bond donors (Lipinski definition) is 0. The maximum atomic E-state index is 12.8. The lowest BCUT2D eigenvalue weighted by Crippen LogP contribution is -2.49. The molecule has 0 aliphatic carbocycles. The predicted octanol–water partition coefficient (Wildman–Crippen LogP) is 4.08. The maximum Gasteiger partial charge on any atom is 0.263 e. The van der Waals surface area contributed by atoms with E-state index >= 15 is 0 Å². The molecule has 1 heterocycles. The summed E-state index contributed by atoms with van der Waals surface area (Å²) in [5.41, 5.74) is 1.29. The van der Waals surface area contributed by atoms with Gasteiger partial charge in [-0.3, -0.25) is 4.79 Å². The summed E-state index contributed by atoms with van der Waals surface area (Å²) < 4.78 is 5.98. The summed E-state index contributed by atoms with van der Waals surface area (Å²) >= 11 is 0. The van der Waals surface area contributed by atoms with Gasteiger partial charge in [-0.2, -0.15) is 0 Å². The molecule has 0 aromatic heterocycles. The van der Waals surface area contributed by atoms with E-state index in [1.54, 1.807) is 0 Å². The Labute approximate surface area is 159 Å². The smallest absolute Gasteiger partial charge is 0.263 e. The molecule has 0 N–H and O–H groups in total. The third kappa shape index (κ3) is 5.23. The summed E-state index contributed by atoms with van der Waals surface area (Å²) in [7, 11) is 0. The quantitative estimate of drug-likeness (QED) is 0.766. The second kappa shape index (κ2) is 8.90. The van der Waals surface area contributed by atoms with Crippen LogP contribution in [0.4, 0.5) is 0 Å². The van der Waals surface area contributed by atoms with Gasteiger partial charge >= 0.3 is 0 Å². The predicted molar refractivity (Wildman–Crippen MR) is 108 cm³/mol. The molecule has 1 aromatic rings. The van der Waals surface area contributed by atoms with Crippen LogP contribution in [0.15, 0.2) is 24.3 Å². The van der Waals surface area contributed by atoms with Crippen molar-refractivity contribution in [3.63, 3.8) is 0 Å². The number of piperidine rings is 1. The first-order valence-corrected chi connectivity index (χ1v) is 10.1. The number of benzene rings is 1. The van der Waals surface area contributed by atoms with Crippen LogP contribution < -0.4 is 4.74 Å². The van der Waals surface area contributed by atoms with E-state index in [9.17, 15) is 4.79 Å². The Balaban J connectivity index is 1.92. The molecule has 1 aromatic carbocycles. The Bertz CT molecular complexity index is 582. The summed E-state index contributed by atoms with van der Waals surface area (Å²) in [6.45, 7) is 16.7. The minimum absolute atomic E-state index is 0.0684. The number of hydrogen-bond acceptors (Lipinski definition) is 3. The zero-order valence-corrected chi connectivity index (χ0v) is 17.4. The molecule has 4 heteroatoms. The number of carbonyl (C=O) groups is 1. The molecule has 0 spiro atoms. The van der Waals surface area contributed by atoms with E-state index < -0.39 is 6.10 Å². The maximum absolute atomic E-state index is 12.8. The zero-order valence-electron chi connectivity index (χ0n) is 17.4. The van der Waals surface area contributed by atoms with Crippen molar-refractivity contribution in [2.45, 2.75) is 71.9 Å². The van der Waals surface area contributed by atoms with Gasteiger partial charge in [-0.15, -0.1) is 0 Å². The number of carbonyl (C=O) groups excluding carboxylic acids is 1. The molecule has 0 bridgehead atoms. The molecule has 1 aliphatic heterocycles. The standard InChI is InChI=1S/C22H36N2O2/c1-7-23(8-2)19-12-14-24(15-13-19)21(25)17(3)26-20-11-9-10-18(16-20)22(4,5)6/h9-11,16-17,19H,7-8,12-15H2,1-6H3. The van der Waals surface area contributed by atoms with E-state index in [4.69, 9.17) is 4.74 Å². The van der Waals surface area contributed by atoms with Crippen molar-refractivity contribution in [2.24, 2.45) is 0 Å². The highest BCUT2D eigenvalue weighted by molar-refractivity contribution is 5.81. The second-order valence-electron chi connectivity index (χ2n) is 8.32. The Hall–Kier alpha value is -1.55. The zero-order chi connectivity index (χ0) is 19.3. The molecule has 1 atom stereocenters. The van der Waals surface area contributed by atoms with Crippen LogP contribution in [0.25, 0.3) is 0 Å². The molecule has 0 radical (unpaired) electrons. The topological polar surface area (TPSA) is 32.8 Å². The van der Waals surface area contributed by atoms with Gasteiger partial charge in [0.15, 0.2) is 6.10 Å². The average Bonchev–Trinajstić information content (AvgIpc) is 2.62. The third-order valence-corrected chi connectivity index (χ3v) is 5.47. The van der Waals surface area contributed by atoms with E-state index in [2.05, 4.69) is 51.7 Å². The lowest BCUT2D eigenvalue weighted by molar-refractivity contribution is -0.139. The van der Waals surface area contributed by atoms with Crippen molar-refractivity contribution in [3.05, 3.63) is 29.8 Å². The number of ether oxygens (including phenoxy) is 1. The SMILES string of the molecule is CCN(CC)C1CCN(C(=O)C(C)Oc2cccc(C(C)(C)C)c2)CC1. The van der Waals surface area contributed by atoms with Crippen LogP contribution in [-0.4, -0.2) is 54.0 Å². The molecule has 4 nitrogen and oxygen atoms in total. The molecule has 146 valence electrons. The van der Waals surface area contributed by atoms with Crippen molar-refractivity contribution in [1.82, 2.24) is 9.80 Å². The average molecular weight is 361 g/mol. The van der Waals surface area contributed by atoms with Gasteiger partial charge in [-0.25, -0.2) is 0 Å². The monoisotopic (exact) mass is 360 g/mol. The van der Waals surface area contributed by atoms with Gasteiger partial charge in [-0.05, 0) is 56.0 Å².